The molecule has 1 aliphatic rings. The van der Waals surface area contributed by atoms with Crippen LogP contribution in [-0.4, -0.2) is 60.1 Å². The number of nitrogens with zero attached hydrogens (tertiary/aromatic N) is 2. The third-order valence-electron chi connectivity index (χ3n) is 4.04. The molecule has 1 fully saturated rings. The van der Waals surface area contributed by atoms with Crippen molar-refractivity contribution in [1.29, 1.82) is 0 Å². The highest BCUT2D eigenvalue weighted by Gasteiger charge is 2.25. The number of rotatable bonds is 5. The summed E-state index contributed by atoms with van der Waals surface area (Å²) in [4.78, 5) is 5.23. The highest BCUT2D eigenvalue weighted by Crippen LogP contribution is 2.13. The molecule has 1 heterocycles. The number of nitrogens with one attached hydrogen (secondary N) is 1. The zero-order valence-corrected chi connectivity index (χ0v) is 13.3. The average Bonchev–Trinajstić information content (AvgIpc) is 2.27. The van der Waals surface area contributed by atoms with Crippen LogP contribution in [0.4, 0.5) is 0 Å². The molecule has 1 saturated heterocycles. The van der Waals surface area contributed by atoms with Crippen molar-refractivity contribution in [2.45, 2.75) is 65.6 Å². The molecule has 1 N–H and O–H groups in total. The third kappa shape index (κ3) is 5.25. The summed E-state index contributed by atoms with van der Waals surface area (Å²) < 4.78 is 0. The summed E-state index contributed by atoms with van der Waals surface area (Å²) in [5.74, 6) is 0. The minimum Gasteiger partial charge on any atom is -0.312 e. The Kier molecular flexibility index (Phi) is 6.09. The molecule has 2 unspecified atom stereocenters. The number of likely N-dealkylation sites (N-methyl/N-ethyl adjacent to an activating group) is 1. The van der Waals surface area contributed by atoms with E-state index in [9.17, 15) is 0 Å². The van der Waals surface area contributed by atoms with Crippen LogP contribution in [0.25, 0.3) is 0 Å². The first-order valence-corrected chi connectivity index (χ1v) is 7.56. The van der Waals surface area contributed by atoms with Crippen LogP contribution in [0.5, 0.6) is 0 Å². The SMILES string of the molecule is CCN1CCN(C(C)CCNC(C)(C)C)CC1C. The van der Waals surface area contributed by atoms with Gasteiger partial charge in [-0.15, -0.1) is 0 Å². The fourth-order valence-electron chi connectivity index (χ4n) is 2.73. The second kappa shape index (κ2) is 6.88. The summed E-state index contributed by atoms with van der Waals surface area (Å²) in [7, 11) is 0. The molecule has 1 aliphatic heterocycles. The Morgan fingerprint density at radius 2 is 1.94 bits per heavy atom. The summed E-state index contributed by atoms with van der Waals surface area (Å²) in [6.45, 7) is 19.7. The quantitative estimate of drug-likeness (QED) is 0.812. The van der Waals surface area contributed by atoms with Gasteiger partial charge in [-0.25, -0.2) is 0 Å². The van der Waals surface area contributed by atoms with Crippen molar-refractivity contribution in [1.82, 2.24) is 15.1 Å². The number of hydrogen-bond donors (Lipinski definition) is 1. The molecule has 0 aromatic rings. The van der Waals surface area contributed by atoms with Gasteiger partial charge in [0.05, 0.1) is 0 Å². The molecule has 108 valence electrons. The summed E-state index contributed by atoms with van der Waals surface area (Å²) in [5.41, 5.74) is 0.244. The standard InChI is InChI=1S/C15H33N3/c1-7-17-10-11-18(12-14(17)3)13(2)8-9-16-15(4,5)6/h13-14,16H,7-12H2,1-6H3. The van der Waals surface area contributed by atoms with Crippen molar-refractivity contribution in [3.8, 4) is 0 Å². The normalized spacial score (nSPS) is 25.3. The molecule has 0 saturated carbocycles. The minimum absolute atomic E-state index is 0.244. The Bertz CT molecular complexity index is 234. The topological polar surface area (TPSA) is 18.5 Å². The smallest absolute Gasteiger partial charge is 0.0195 e. The van der Waals surface area contributed by atoms with E-state index in [1.165, 1.54) is 32.6 Å². The van der Waals surface area contributed by atoms with Gasteiger partial charge in [0.15, 0.2) is 0 Å². The number of piperazine rings is 1. The van der Waals surface area contributed by atoms with E-state index in [2.05, 4.69) is 56.7 Å². The predicted molar refractivity (Wildman–Crippen MR) is 80.1 cm³/mol. The molecule has 0 spiro atoms. The Hall–Kier alpha value is -0.120. The van der Waals surface area contributed by atoms with Crippen molar-refractivity contribution < 1.29 is 0 Å². The maximum Gasteiger partial charge on any atom is 0.0195 e. The van der Waals surface area contributed by atoms with Crippen molar-refractivity contribution in [2.24, 2.45) is 0 Å². The largest absolute Gasteiger partial charge is 0.312 e. The van der Waals surface area contributed by atoms with E-state index in [0.29, 0.717) is 12.1 Å². The van der Waals surface area contributed by atoms with Gasteiger partial charge in [-0.1, -0.05) is 6.92 Å². The maximum atomic E-state index is 3.59. The summed E-state index contributed by atoms with van der Waals surface area (Å²) in [6, 6.07) is 1.41. The van der Waals surface area contributed by atoms with E-state index in [4.69, 9.17) is 0 Å². The first-order chi connectivity index (χ1) is 8.33. The Balaban J connectivity index is 2.28. The maximum absolute atomic E-state index is 3.59. The van der Waals surface area contributed by atoms with Crippen LogP contribution in [0.2, 0.25) is 0 Å². The van der Waals surface area contributed by atoms with Gasteiger partial charge in [0.1, 0.15) is 0 Å². The monoisotopic (exact) mass is 255 g/mol. The van der Waals surface area contributed by atoms with E-state index in [1.807, 2.05) is 0 Å². The molecule has 0 bridgehead atoms. The Labute approximate surface area is 114 Å². The van der Waals surface area contributed by atoms with E-state index in [-0.39, 0.29) is 5.54 Å². The van der Waals surface area contributed by atoms with Crippen molar-refractivity contribution >= 4 is 0 Å². The van der Waals surface area contributed by atoms with Gasteiger partial charge >= 0.3 is 0 Å². The zero-order chi connectivity index (χ0) is 13.8. The molecule has 1 rings (SSSR count). The van der Waals surface area contributed by atoms with E-state index in [1.54, 1.807) is 0 Å². The lowest BCUT2D eigenvalue weighted by molar-refractivity contribution is 0.0609. The lowest BCUT2D eigenvalue weighted by Gasteiger charge is -2.42. The second-order valence-electron chi connectivity index (χ2n) is 6.79. The van der Waals surface area contributed by atoms with Crippen LogP contribution in [-0.2, 0) is 0 Å². The average molecular weight is 255 g/mol. The van der Waals surface area contributed by atoms with E-state index >= 15 is 0 Å². The first-order valence-electron chi connectivity index (χ1n) is 7.56. The number of hydrogen-bond acceptors (Lipinski definition) is 3. The van der Waals surface area contributed by atoms with Gasteiger partial charge in [-0.05, 0) is 54.1 Å². The Morgan fingerprint density at radius 3 is 2.44 bits per heavy atom. The summed E-state index contributed by atoms with van der Waals surface area (Å²) >= 11 is 0. The molecular formula is C15H33N3. The van der Waals surface area contributed by atoms with Gasteiger partial charge in [0.2, 0.25) is 0 Å². The summed E-state index contributed by atoms with van der Waals surface area (Å²) in [6.07, 6.45) is 1.25. The van der Waals surface area contributed by atoms with Gasteiger partial charge in [-0.2, -0.15) is 0 Å². The zero-order valence-electron chi connectivity index (χ0n) is 13.3. The molecular weight excluding hydrogens is 222 g/mol. The minimum atomic E-state index is 0.244. The van der Waals surface area contributed by atoms with E-state index < -0.39 is 0 Å². The van der Waals surface area contributed by atoms with E-state index in [0.717, 1.165) is 6.54 Å². The van der Waals surface area contributed by atoms with Gasteiger partial charge in [-0.3, -0.25) is 9.80 Å². The molecule has 0 aromatic heterocycles. The van der Waals surface area contributed by atoms with Crippen molar-refractivity contribution in [3.63, 3.8) is 0 Å². The van der Waals surface area contributed by atoms with Crippen molar-refractivity contribution in [3.05, 3.63) is 0 Å². The highest BCUT2D eigenvalue weighted by atomic mass is 15.3. The Morgan fingerprint density at radius 1 is 1.28 bits per heavy atom. The predicted octanol–water partition coefficient (Wildman–Crippen LogP) is 2.18. The molecule has 0 amide bonds. The van der Waals surface area contributed by atoms with Crippen LogP contribution in [0.3, 0.4) is 0 Å². The second-order valence-corrected chi connectivity index (χ2v) is 6.79. The molecule has 18 heavy (non-hydrogen) atoms. The fourth-order valence-corrected chi connectivity index (χ4v) is 2.73. The van der Waals surface area contributed by atoms with Crippen LogP contribution in [0.1, 0.15) is 48.0 Å². The molecule has 3 nitrogen and oxygen atoms in total. The molecule has 3 heteroatoms. The lowest BCUT2D eigenvalue weighted by Crippen LogP contribution is -2.54. The highest BCUT2D eigenvalue weighted by molar-refractivity contribution is 4.82. The summed E-state index contributed by atoms with van der Waals surface area (Å²) in [5, 5.41) is 3.59. The van der Waals surface area contributed by atoms with Crippen LogP contribution in [0, 0.1) is 0 Å². The first kappa shape index (κ1) is 15.9. The third-order valence-corrected chi connectivity index (χ3v) is 4.04. The van der Waals surface area contributed by atoms with Gasteiger partial charge < -0.3 is 5.32 Å². The van der Waals surface area contributed by atoms with Gasteiger partial charge in [0, 0.05) is 37.3 Å². The molecule has 2 atom stereocenters. The molecule has 0 aromatic carbocycles. The van der Waals surface area contributed by atoms with Crippen LogP contribution >= 0.6 is 0 Å². The lowest BCUT2D eigenvalue weighted by atomic mass is 10.1. The van der Waals surface area contributed by atoms with Crippen molar-refractivity contribution in [2.75, 3.05) is 32.7 Å². The molecule has 0 aliphatic carbocycles. The fraction of sp³-hybridized carbons (Fsp3) is 1.00. The van der Waals surface area contributed by atoms with Crippen LogP contribution < -0.4 is 5.32 Å². The van der Waals surface area contributed by atoms with Gasteiger partial charge in [0.25, 0.3) is 0 Å². The van der Waals surface area contributed by atoms with Crippen LogP contribution in [0.15, 0.2) is 0 Å². The molecule has 0 radical (unpaired) electrons.